The molecule has 1 aromatic rings. The van der Waals surface area contributed by atoms with E-state index in [1.165, 1.54) is 18.2 Å². The van der Waals surface area contributed by atoms with Gasteiger partial charge in [0.25, 0.3) is 0 Å². The number of carboxylic acids is 1. The van der Waals surface area contributed by atoms with E-state index in [4.69, 9.17) is 21.4 Å². The van der Waals surface area contributed by atoms with Gasteiger partial charge in [-0.15, -0.1) is 0 Å². The number of hydrogen-bond donors (Lipinski definition) is 2. The zero-order chi connectivity index (χ0) is 12.1. The highest BCUT2D eigenvalue weighted by Crippen LogP contribution is 2.35. The first-order valence-electron chi connectivity index (χ1n) is 4.61. The molecule has 0 atom stereocenters. The number of phenolic OH excluding ortho intramolecular Hbond substituents is 1. The molecule has 1 rings (SSSR count). The number of carboxylic acid groups (broad SMARTS) is 1. The van der Waals surface area contributed by atoms with Crippen molar-refractivity contribution in [1.29, 1.82) is 0 Å². The second-order valence-electron chi connectivity index (χ2n) is 2.95. The molecule has 0 aromatic heterocycles. The molecule has 0 saturated carbocycles. The summed E-state index contributed by atoms with van der Waals surface area (Å²) in [5.74, 6) is -0.960. The molecule has 0 spiro atoms. The zero-order valence-corrected chi connectivity index (χ0v) is 9.36. The molecule has 1 aromatic carbocycles. The molecule has 5 heteroatoms. The largest absolute Gasteiger partial charge is 0.503 e. The maximum atomic E-state index is 10.3. The van der Waals surface area contributed by atoms with Gasteiger partial charge < -0.3 is 14.9 Å². The van der Waals surface area contributed by atoms with E-state index >= 15 is 0 Å². The van der Waals surface area contributed by atoms with Crippen molar-refractivity contribution in [2.75, 3.05) is 6.61 Å². The first-order chi connectivity index (χ1) is 7.54. The fourth-order valence-corrected chi connectivity index (χ4v) is 1.34. The number of phenols is 1. The standard InChI is InChI=1S/C11H11ClO4/c1-2-16-9-6-7(3-4-10(13)14)5-8(12)11(9)15/h3-6,15H,2H2,1H3,(H,13,14)/b4-3+. The Bertz CT molecular complexity index is 426. The highest BCUT2D eigenvalue weighted by Gasteiger charge is 2.08. The molecule has 0 aliphatic carbocycles. The van der Waals surface area contributed by atoms with Gasteiger partial charge in [0.2, 0.25) is 0 Å². The third-order valence-electron chi connectivity index (χ3n) is 1.77. The SMILES string of the molecule is CCOc1cc(/C=C/C(=O)O)cc(Cl)c1O. The summed E-state index contributed by atoms with van der Waals surface area (Å²) in [5, 5.41) is 18.1. The van der Waals surface area contributed by atoms with Crippen molar-refractivity contribution in [2.45, 2.75) is 6.92 Å². The van der Waals surface area contributed by atoms with Crippen molar-refractivity contribution in [3.05, 3.63) is 28.8 Å². The average Bonchev–Trinajstić information content (AvgIpc) is 2.22. The third-order valence-corrected chi connectivity index (χ3v) is 2.06. The van der Waals surface area contributed by atoms with Gasteiger partial charge >= 0.3 is 5.97 Å². The van der Waals surface area contributed by atoms with Crippen LogP contribution in [0.1, 0.15) is 12.5 Å². The van der Waals surface area contributed by atoms with Crippen LogP contribution >= 0.6 is 11.6 Å². The van der Waals surface area contributed by atoms with E-state index in [1.807, 2.05) is 0 Å². The third kappa shape index (κ3) is 3.17. The molecular weight excluding hydrogens is 232 g/mol. The number of carbonyl (C=O) groups is 1. The minimum absolute atomic E-state index is 0.121. The predicted octanol–water partition coefficient (Wildman–Crippen LogP) is 2.54. The van der Waals surface area contributed by atoms with Crippen LogP contribution in [0.25, 0.3) is 6.08 Å². The lowest BCUT2D eigenvalue weighted by molar-refractivity contribution is -0.131. The molecule has 0 saturated heterocycles. The fraction of sp³-hybridized carbons (Fsp3) is 0.182. The molecule has 0 radical (unpaired) electrons. The number of halogens is 1. The molecule has 0 fully saturated rings. The molecule has 4 nitrogen and oxygen atoms in total. The molecule has 86 valence electrons. The van der Waals surface area contributed by atoms with Gasteiger partial charge in [0.15, 0.2) is 11.5 Å². The van der Waals surface area contributed by atoms with Gasteiger partial charge in [0, 0.05) is 6.08 Å². The summed E-state index contributed by atoms with van der Waals surface area (Å²) in [6.45, 7) is 2.16. The van der Waals surface area contributed by atoms with Crippen molar-refractivity contribution in [3.8, 4) is 11.5 Å². The number of rotatable bonds is 4. The summed E-state index contributed by atoms with van der Waals surface area (Å²) >= 11 is 5.76. The Morgan fingerprint density at radius 2 is 2.25 bits per heavy atom. The smallest absolute Gasteiger partial charge is 0.328 e. The van der Waals surface area contributed by atoms with Crippen LogP contribution < -0.4 is 4.74 Å². The minimum atomic E-state index is -1.05. The molecule has 0 amide bonds. The van der Waals surface area contributed by atoms with E-state index in [1.54, 1.807) is 6.92 Å². The first-order valence-corrected chi connectivity index (χ1v) is 4.98. The minimum Gasteiger partial charge on any atom is -0.503 e. The van der Waals surface area contributed by atoms with Gasteiger partial charge in [0.1, 0.15) is 0 Å². The number of hydrogen-bond acceptors (Lipinski definition) is 3. The number of benzene rings is 1. The van der Waals surface area contributed by atoms with Gasteiger partial charge in [-0.2, -0.15) is 0 Å². The predicted molar refractivity (Wildman–Crippen MR) is 61.0 cm³/mol. The lowest BCUT2D eigenvalue weighted by Crippen LogP contribution is -1.93. The molecule has 2 N–H and O–H groups in total. The van der Waals surface area contributed by atoms with Crippen molar-refractivity contribution < 1.29 is 19.7 Å². The van der Waals surface area contributed by atoms with Gasteiger partial charge in [-0.3, -0.25) is 0 Å². The topological polar surface area (TPSA) is 66.8 Å². The summed E-state index contributed by atoms with van der Waals surface area (Å²) in [6, 6.07) is 2.98. The fourth-order valence-electron chi connectivity index (χ4n) is 1.12. The number of aliphatic carboxylic acids is 1. The van der Waals surface area contributed by atoms with E-state index in [-0.39, 0.29) is 16.5 Å². The van der Waals surface area contributed by atoms with Crippen LogP contribution in [0, 0.1) is 0 Å². The van der Waals surface area contributed by atoms with Gasteiger partial charge in [-0.25, -0.2) is 4.79 Å². The second-order valence-corrected chi connectivity index (χ2v) is 3.36. The molecule has 0 unspecified atom stereocenters. The van der Waals surface area contributed by atoms with Gasteiger partial charge in [-0.05, 0) is 30.7 Å². The van der Waals surface area contributed by atoms with Crippen LogP contribution in [-0.4, -0.2) is 22.8 Å². The van der Waals surface area contributed by atoms with Crippen molar-refractivity contribution in [1.82, 2.24) is 0 Å². The molecule has 0 heterocycles. The number of ether oxygens (including phenoxy) is 1. The number of aromatic hydroxyl groups is 1. The normalized spacial score (nSPS) is 10.6. The Kier molecular flexibility index (Phi) is 4.19. The summed E-state index contributed by atoms with van der Waals surface area (Å²) in [4.78, 5) is 10.3. The quantitative estimate of drug-likeness (QED) is 0.797. The molecule has 0 bridgehead atoms. The van der Waals surface area contributed by atoms with Crippen LogP contribution in [0.2, 0.25) is 5.02 Å². The van der Waals surface area contributed by atoms with E-state index in [9.17, 15) is 9.90 Å². The van der Waals surface area contributed by atoms with Crippen LogP contribution in [0.3, 0.4) is 0 Å². The first kappa shape index (κ1) is 12.4. The summed E-state index contributed by atoms with van der Waals surface area (Å²) in [6.07, 6.45) is 2.36. The highest BCUT2D eigenvalue weighted by atomic mass is 35.5. The Labute approximate surface area is 97.7 Å². The monoisotopic (exact) mass is 242 g/mol. The summed E-state index contributed by atoms with van der Waals surface area (Å²) in [7, 11) is 0. The van der Waals surface area contributed by atoms with Crippen LogP contribution in [-0.2, 0) is 4.79 Å². The van der Waals surface area contributed by atoms with E-state index in [0.29, 0.717) is 12.2 Å². The van der Waals surface area contributed by atoms with Gasteiger partial charge in [0.05, 0.1) is 11.6 Å². The lowest BCUT2D eigenvalue weighted by atomic mass is 10.2. The Morgan fingerprint density at radius 1 is 1.56 bits per heavy atom. The van der Waals surface area contributed by atoms with E-state index in [0.717, 1.165) is 6.08 Å². The maximum Gasteiger partial charge on any atom is 0.328 e. The zero-order valence-electron chi connectivity index (χ0n) is 8.61. The van der Waals surface area contributed by atoms with Crippen LogP contribution in [0.5, 0.6) is 11.5 Å². The van der Waals surface area contributed by atoms with Crippen molar-refractivity contribution >= 4 is 23.6 Å². The molecule has 0 aliphatic rings. The Hall–Kier alpha value is -1.68. The summed E-state index contributed by atoms with van der Waals surface area (Å²) < 4.78 is 5.15. The molecule has 0 aliphatic heterocycles. The van der Waals surface area contributed by atoms with E-state index in [2.05, 4.69) is 0 Å². The Morgan fingerprint density at radius 3 is 2.81 bits per heavy atom. The van der Waals surface area contributed by atoms with Crippen molar-refractivity contribution in [3.63, 3.8) is 0 Å². The lowest BCUT2D eigenvalue weighted by Gasteiger charge is -2.08. The molecular formula is C11H11ClO4. The Balaban J connectivity index is 3.08. The van der Waals surface area contributed by atoms with Gasteiger partial charge in [-0.1, -0.05) is 11.6 Å². The van der Waals surface area contributed by atoms with Crippen LogP contribution in [0.4, 0.5) is 0 Å². The second kappa shape index (κ2) is 5.42. The molecule has 16 heavy (non-hydrogen) atoms. The van der Waals surface area contributed by atoms with Crippen molar-refractivity contribution in [2.24, 2.45) is 0 Å². The maximum absolute atomic E-state index is 10.3. The average molecular weight is 243 g/mol. The highest BCUT2D eigenvalue weighted by molar-refractivity contribution is 6.32. The summed E-state index contributed by atoms with van der Waals surface area (Å²) in [5.41, 5.74) is 0.550. The van der Waals surface area contributed by atoms with Crippen LogP contribution in [0.15, 0.2) is 18.2 Å². The van der Waals surface area contributed by atoms with E-state index < -0.39 is 5.97 Å².